The van der Waals surface area contributed by atoms with E-state index >= 15 is 0 Å². The second kappa shape index (κ2) is 8.69. The molecule has 4 aromatic rings. The number of para-hydroxylation sites is 1. The number of benzene rings is 3. The maximum atomic E-state index is 12.1. The van der Waals surface area contributed by atoms with Crippen molar-refractivity contribution in [2.75, 3.05) is 4.31 Å². The van der Waals surface area contributed by atoms with Crippen LogP contribution in [-0.2, 0) is 22.5 Å². The summed E-state index contributed by atoms with van der Waals surface area (Å²) in [5.41, 5.74) is 2.70. The molecule has 0 fully saturated rings. The normalized spacial score (nSPS) is 13.4. The van der Waals surface area contributed by atoms with Crippen LogP contribution in [0.4, 0.5) is 5.69 Å². The van der Waals surface area contributed by atoms with Crippen molar-refractivity contribution in [3.8, 4) is 0 Å². The van der Waals surface area contributed by atoms with E-state index in [1.54, 1.807) is 18.2 Å². The number of hydrogen-bond donors (Lipinski definition) is 1. The number of fused-ring (bicyclic) bond motifs is 3. The van der Waals surface area contributed by atoms with E-state index in [-0.39, 0.29) is 6.42 Å². The predicted molar refractivity (Wildman–Crippen MR) is 116 cm³/mol. The van der Waals surface area contributed by atoms with Gasteiger partial charge in [-0.05, 0) is 49.1 Å². The predicted octanol–water partition coefficient (Wildman–Crippen LogP) is 4.66. The maximum absolute atomic E-state index is 12.1. The molecule has 3 aromatic carbocycles. The minimum atomic E-state index is -2.75. The van der Waals surface area contributed by atoms with E-state index in [9.17, 15) is 18.7 Å². The van der Waals surface area contributed by atoms with Gasteiger partial charge < -0.3 is 14.1 Å². The highest BCUT2D eigenvalue weighted by Crippen LogP contribution is 2.33. The van der Waals surface area contributed by atoms with E-state index in [0.29, 0.717) is 29.7 Å². The Labute approximate surface area is 176 Å². The fourth-order valence-corrected chi connectivity index (χ4v) is 4.40. The molecule has 0 saturated heterocycles. The molecule has 0 aliphatic heterocycles. The van der Waals surface area contributed by atoms with Crippen molar-refractivity contribution in [2.45, 2.75) is 25.3 Å². The largest absolute Gasteiger partial charge is 0.755 e. The number of carbonyl (C=O) groups is 1. The van der Waals surface area contributed by atoms with Gasteiger partial charge in [0, 0.05) is 22.0 Å². The minimum absolute atomic E-state index is 0.197. The molecule has 0 amide bonds. The average Bonchev–Trinajstić information content (AvgIpc) is 3.11. The standard InChI is InChI=1S/C23H21NO5S/c25-23(26)20(11-6-9-16-7-2-1-3-8-16)24(30(27)28)17-13-14-22-19(15-17)18-10-4-5-12-21(18)29-22/h1-5,7-8,10,12-15,20H,6,9,11H2,(H,25,26)(H,27,28)/p-1. The van der Waals surface area contributed by atoms with E-state index in [1.807, 2.05) is 54.6 Å². The van der Waals surface area contributed by atoms with Crippen LogP contribution >= 0.6 is 0 Å². The first-order valence-corrected chi connectivity index (χ1v) is 10.6. The van der Waals surface area contributed by atoms with Gasteiger partial charge in [-0.15, -0.1) is 0 Å². The van der Waals surface area contributed by atoms with Gasteiger partial charge in [0.05, 0.1) is 5.69 Å². The van der Waals surface area contributed by atoms with E-state index in [1.165, 1.54) is 0 Å². The van der Waals surface area contributed by atoms with Crippen LogP contribution in [0.1, 0.15) is 18.4 Å². The Hall–Kier alpha value is -3.16. The van der Waals surface area contributed by atoms with Crippen LogP contribution < -0.4 is 4.31 Å². The van der Waals surface area contributed by atoms with Crippen molar-refractivity contribution in [3.63, 3.8) is 0 Å². The number of anilines is 1. The molecule has 2 unspecified atom stereocenters. The zero-order chi connectivity index (χ0) is 21.1. The SMILES string of the molecule is O=C(O)C(CCCc1ccccc1)N(c1ccc2oc3ccccc3c2c1)S(=O)[O-]. The molecule has 0 bridgehead atoms. The number of nitrogens with zero attached hydrogens (tertiary/aromatic N) is 1. The molecule has 1 aromatic heterocycles. The fourth-order valence-electron chi connectivity index (χ4n) is 3.71. The van der Waals surface area contributed by atoms with Gasteiger partial charge in [0.25, 0.3) is 0 Å². The fraction of sp³-hybridized carbons (Fsp3) is 0.174. The highest BCUT2D eigenvalue weighted by atomic mass is 32.2. The molecule has 7 heteroatoms. The minimum Gasteiger partial charge on any atom is -0.755 e. The molecule has 1 heterocycles. The summed E-state index contributed by atoms with van der Waals surface area (Å²) in [5.74, 6) is -1.18. The summed E-state index contributed by atoms with van der Waals surface area (Å²) in [6.45, 7) is 0. The van der Waals surface area contributed by atoms with Crippen molar-refractivity contribution in [2.24, 2.45) is 0 Å². The molecule has 154 valence electrons. The summed E-state index contributed by atoms with van der Waals surface area (Å²) in [4.78, 5) is 12.0. The lowest BCUT2D eigenvalue weighted by atomic mass is 10.0. The van der Waals surface area contributed by atoms with Gasteiger partial charge in [-0.3, -0.25) is 8.51 Å². The lowest BCUT2D eigenvalue weighted by Gasteiger charge is -2.32. The Kier molecular flexibility index (Phi) is 5.83. The van der Waals surface area contributed by atoms with Crippen molar-refractivity contribution >= 4 is 44.9 Å². The average molecular weight is 422 g/mol. The highest BCUT2D eigenvalue weighted by Gasteiger charge is 2.27. The van der Waals surface area contributed by atoms with Gasteiger partial charge in [-0.25, -0.2) is 4.79 Å². The van der Waals surface area contributed by atoms with Crippen LogP contribution in [-0.4, -0.2) is 25.9 Å². The Morgan fingerprint density at radius 3 is 2.43 bits per heavy atom. The van der Waals surface area contributed by atoms with Crippen LogP contribution in [0.15, 0.2) is 77.2 Å². The molecule has 6 nitrogen and oxygen atoms in total. The number of hydrogen-bond acceptors (Lipinski definition) is 4. The lowest BCUT2D eigenvalue weighted by molar-refractivity contribution is -0.138. The van der Waals surface area contributed by atoms with Crippen LogP contribution in [0.5, 0.6) is 0 Å². The maximum Gasteiger partial charge on any atom is 0.327 e. The number of furan rings is 1. The molecular formula is C23H20NO5S-. The molecule has 0 aliphatic rings. The first-order valence-electron chi connectivity index (χ1n) is 9.61. The van der Waals surface area contributed by atoms with Crippen LogP contribution in [0.2, 0.25) is 0 Å². The summed E-state index contributed by atoms with van der Waals surface area (Å²) in [7, 11) is 0. The first-order chi connectivity index (χ1) is 14.5. The number of aliphatic carboxylic acids is 1. The second-order valence-corrected chi connectivity index (χ2v) is 7.88. The first kappa shape index (κ1) is 20.1. The van der Waals surface area contributed by atoms with Gasteiger partial charge in [0.2, 0.25) is 0 Å². The highest BCUT2D eigenvalue weighted by molar-refractivity contribution is 7.80. The Morgan fingerprint density at radius 1 is 1.00 bits per heavy atom. The van der Waals surface area contributed by atoms with Crippen molar-refractivity contribution < 1.29 is 23.1 Å². The number of carboxylic acid groups (broad SMARTS) is 1. The van der Waals surface area contributed by atoms with Crippen LogP contribution in [0, 0.1) is 0 Å². The molecule has 0 radical (unpaired) electrons. The summed E-state index contributed by atoms with van der Waals surface area (Å²) in [6.07, 6.45) is 1.42. The third-order valence-electron chi connectivity index (χ3n) is 5.13. The summed E-state index contributed by atoms with van der Waals surface area (Å²) in [5, 5.41) is 11.4. The number of rotatable bonds is 8. The number of aryl methyl sites for hydroxylation is 1. The summed E-state index contributed by atoms with van der Waals surface area (Å²) >= 11 is -2.75. The number of carboxylic acids is 1. The molecular weight excluding hydrogens is 402 g/mol. The molecule has 30 heavy (non-hydrogen) atoms. The Bertz CT molecular complexity index is 1200. The Morgan fingerprint density at radius 2 is 1.70 bits per heavy atom. The third kappa shape index (κ3) is 4.08. The molecule has 2 atom stereocenters. The topological polar surface area (TPSA) is 93.8 Å². The molecule has 0 aliphatic carbocycles. The van der Waals surface area contributed by atoms with Crippen molar-refractivity contribution in [3.05, 3.63) is 78.4 Å². The summed E-state index contributed by atoms with van der Waals surface area (Å²) < 4.78 is 30.8. The quantitative estimate of drug-likeness (QED) is 0.417. The molecule has 4 rings (SSSR count). The van der Waals surface area contributed by atoms with Gasteiger partial charge >= 0.3 is 5.97 Å². The summed E-state index contributed by atoms with van der Waals surface area (Å²) in [6, 6.07) is 20.9. The van der Waals surface area contributed by atoms with Crippen LogP contribution in [0.25, 0.3) is 21.9 Å². The third-order valence-corrected chi connectivity index (χ3v) is 5.92. The van der Waals surface area contributed by atoms with E-state index < -0.39 is 23.3 Å². The zero-order valence-corrected chi connectivity index (χ0v) is 16.9. The lowest BCUT2D eigenvalue weighted by Crippen LogP contribution is -2.42. The smallest absolute Gasteiger partial charge is 0.327 e. The van der Waals surface area contributed by atoms with Gasteiger partial charge in [-0.1, -0.05) is 48.5 Å². The van der Waals surface area contributed by atoms with Gasteiger partial charge in [0.1, 0.15) is 17.2 Å². The molecule has 0 spiro atoms. The Balaban J connectivity index is 1.64. The van der Waals surface area contributed by atoms with Crippen molar-refractivity contribution in [1.29, 1.82) is 0 Å². The molecule has 0 saturated carbocycles. The van der Waals surface area contributed by atoms with E-state index in [2.05, 4.69) is 0 Å². The van der Waals surface area contributed by atoms with Crippen molar-refractivity contribution in [1.82, 2.24) is 0 Å². The van der Waals surface area contributed by atoms with E-state index in [0.717, 1.165) is 20.6 Å². The monoisotopic (exact) mass is 422 g/mol. The van der Waals surface area contributed by atoms with Gasteiger partial charge in [-0.2, -0.15) is 0 Å². The second-order valence-electron chi connectivity index (χ2n) is 7.05. The zero-order valence-electron chi connectivity index (χ0n) is 16.1. The van der Waals surface area contributed by atoms with Gasteiger partial charge in [0.15, 0.2) is 0 Å². The van der Waals surface area contributed by atoms with Crippen LogP contribution in [0.3, 0.4) is 0 Å². The molecule has 1 N–H and O–H groups in total. The van der Waals surface area contributed by atoms with E-state index in [4.69, 9.17) is 4.42 Å².